The molecule has 3 aromatic rings. The topological polar surface area (TPSA) is 73.5 Å². The number of hydrogen-bond acceptors (Lipinski definition) is 3. The first-order valence-corrected chi connectivity index (χ1v) is 7.60. The van der Waals surface area contributed by atoms with E-state index in [9.17, 15) is 0 Å². The zero-order valence-electron chi connectivity index (χ0n) is 13.1. The van der Waals surface area contributed by atoms with E-state index < -0.39 is 0 Å². The van der Waals surface area contributed by atoms with Gasteiger partial charge in [-0.05, 0) is 28.8 Å². The zero-order valence-corrected chi connectivity index (χ0v) is 13.1. The molecule has 0 saturated heterocycles. The molecule has 0 unspecified atom stereocenters. The number of hydrogen-bond donors (Lipinski definition) is 2. The minimum atomic E-state index is 0.117. The van der Waals surface area contributed by atoms with E-state index >= 15 is 0 Å². The maximum atomic E-state index is 8.06. The number of aromatic nitrogens is 1. The van der Waals surface area contributed by atoms with E-state index in [4.69, 9.17) is 5.41 Å². The number of pyridine rings is 1. The summed E-state index contributed by atoms with van der Waals surface area (Å²) in [6.07, 6.45) is 3.48. The summed E-state index contributed by atoms with van der Waals surface area (Å²) >= 11 is 0. The average Bonchev–Trinajstić information content (AvgIpc) is 2.67. The van der Waals surface area contributed by atoms with Gasteiger partial charge in [-0.15, -0.1) is 5.11 Å². The van der Waals surface area contributed by atoms with Crippen molar-refractivity contribution in [3.63, 3.8) is 0 Å². The molecule has 0 aliphatic carbocycles. The molecule has 0 radical (unpaired) electrons. The SMILES string of the molecule is N=C(/N=N\NCc1cccnc1)c1cccc(-c2ccccc2)c1. The van der Waals surface area contributed by atoms with Gasteiger partial charge >= 0.3 is 0 Å². The second-order valence-corrected chi connectivity index (χ2v) is 5.19. The molecule has 1 heterocycles. The first kappa shape index (κ1) is 15.6. The summed E-state index contributed by atoms with van der Waals surface area (Å²) in [5.74, 6) is 0.117. The second kappa shape index (κ2) is 7.78. The standard InChI is InChI=1S/C19H17N5/c20-19(23-24-22-14-15-6-5-11-21-13-15)18-10-4-9-17(12-18)16-7-2-1-3-8-16/h1-13H,14H2,(H2,20,22,23). The van der Waals surface area contributed by atoms with Crippen molar-refractivity contribution in [2.45, 2.75) is 6.54 Å². The van der Waals surface area contributed by atoms with Crippen molar-refractivity contribution in [3.8, 4) is 11.1 Å². The molecule has 3 rings (SSSR count). The van der Waals surface area contributed by atoms with Crippen LogP contribution in [0.5, 0.6) is 0 Å². The third kappa shape index (κ3) is 4.10. The Labute approximate surface area is 140 Å². The Morgan fingerprint density at radius 1 is 0.958 bits per heavy atom. The van der Waals surface area contributed by atoms with Crippen LogP contribution in [0.15, 0.2) is 89.5 Å². The fraction of sp³-hybridized carbons (Fsp3) is 0.0526. The van der Waals surface area contributed by atoms with E-state index in [0.29, 0.717) is 6.54 Å². The van der Waals surface area contributed by atoms with Gasteiger partial charge in [0.05, 0.1) is 6.54 Å². The van der Waals surface area contributed by atoms with Crippen molar-refractivity contribution in [1.82, 2.24) is 10.4 Å². The van der Waals surface area contributed by atoms with Crippen LogP contribution in [0.4, 0.5) is 0 Å². The van der Waals surface area contributed by atoms with Gasteiger partial charge in [0.1, 0.15) is 0 Å². The zero-order chi connectivity index (χ0) is 16.6. The fourth-order valence-electron chi connectivity index (χ4n) is 2.25. The van der Waals surface area contributed by atoms with E-state index in [1.807, 2.05) is 66.7 Å². The van der Waals surface area contributed by atoms with Gasteiger partial charge in [-0.25, -0.2) is 0 Å². The first-order chi connectivity index (χ1) is 11.8. The molecule has 0 spiro atoms. The summed E-state index contributed by atoms with van der Waals surface area (Å²) in [6.45, 7) is 0.522. The molecule has 5 nitrogen and oxygen atoms in total. The van der Waals surface area contributed by atoms with Crippen LogP contribution in [0.2, 0.25) is 0 Å². The van der Waals surface area contributed by atoms with E-state index in [2.05, 4.69) is 20.7 Å². The van der Waals surface area contributed by atoms with Crippen LogP contribution < -0.4 is 5.43 Å². The molecule has 0 aliphatic rings. The number of amidine groups is 1. The minimum Gasteiger partial charge on any atom is -0.287 e. The van der Waals surface area contributed by atoms with Crippen LogP contribution in [0.25, 0.3) is 11.1 Å². The van der Waals surface area contributed by atoms with E-state index in [0.717, 1.165) is 22.3 Å². The molecule has 0 aliphatic heterocycles. The molecule has 1 aromatic heterocycles. The highest BCUT2D eigenvalue weighted by molar-refractivity contribution is 5.97. The Morgan fingerprint density at radius 3 is 2.58 bits per heavy atom. The van der Waals surface area contributed by atoms with Crippen molar-refractivity contribution >= 4 is 5.84 Å². The molecule has 24 heavy (non-hydrogen) atoms. The highest BCUT2D eigenvalue weighted by Gasteiger charge is 2.03. The molecule has 0 saturated carbocycles. The lowest BCUT2D eigenvalue weighted by molar-refractivity contribution is 0.700. The summed E-state index contributed by atoms with van der Waals surface area (Å²) in [4.78, 5) is 4.03. The van der Waals surface area contributed by atoms with E-state index in [-0.39, 0.29) is 5.84 Å². The van der Waals surface area contributed by atoms with Gasteiger partial charge in [0.15, 0.2) is 5.84 Å². The van der Waals surface area contributed by atoms with Crippen LogP contribution in [0, 0.1) is 5.41 Å². The van der Waals surface area contributed by atoms with Gasteiger partial charge in [0, 0.05) is 18.0 Å². The Hall–Kier alpha value is -3.34. The maximum Gasteiger partial charge on any atom is 0.176 e. The van der Waals surface area contributed by atoms with E-state index in [1.54, 1.807) is 12.4 Å². The predicted octanol–water partition coefficient (Wildman–Crippen LogP) is 4.23. The summed E-state index contributed by atoms with van der Waals surface area (Å²) in [7, 11) is 0. The molecular weight excluding hydrogens is 298 g/mol. The van der Waals surface area contributed by atoms with Gasteiger partial charge in [0.2, 0.25) is 0 Å². The lowest BCUT2D eigenvalue weighted by atomic mass is 10.0. The number of rotatable bonds is 5. The van der Waals surface area contributed by atoms with Gasteiger partial charge in [-0.1, -0.05) is 59.8 Å². The van der Waals surface area contributed by atoms with Gasteiger partial charge < -0.3 is 0 Å². The van der Waals surface area contributed by atoms with Crippen LogP contribution in [-0.2, 0) is 6.54 Å². The monoisotopic (exact) mass is 315 g/mol. The molecule has 0 amide bonds. The summed E-state index contributed by atoms with van der Waals surface area (Å²) in [6, 6.07) is 21.6. The molecule has 0 bridgehead atoms. The lowest BCUT2D eigenvalue weighted by Gasteiger charge is -2.04. The van der Waals surface area contributed by atoms with Crippen LogP contribution in [0.1, 0.15) is 11.1 Å². The Kier molecular flexibility index (Phi) is 5.04. The Balaban J connectivity index is 1.64. The molecule has 118 valence electrons. The van der Waals surface area contributed by atoms with Crippen LogP contribution in [0.3, 0.4) is 0 Å². The number of nitrogens with zero attached hydrogens (tertiary/aromatic N) is 3. The minimum absolute atomic E-state index is 0.117. The quantitative estimate of drug-likeness (QED) is 0.320. The first-order valence-electron chi connectivity index (χ1n) is 7.60. The third-order valence-electron chi connectivity index (χ3n) is 3.47. The molecule has 2 aromatic carbocycles. The van der Waals surface area contributed by atoms with Crippen molar-refractivity contribution in [2.75, 3.05) is 0 Å². The van der Waals surface area contributed by atoms with Crippen LogP contribution >= 0.6 is 0 Å². The van der Waals surface area contributed by atoms with Crippen molar-refractivity contribution in [1.29, 1.82) is 5.41 Å². The Morgan fingerprint density at radius 2 is 1.79 bits per heavy atom. The second-order valence-electron chi connectivity index (χ2n) is 5.19. The molecule has 0 atom stereocenters. The smallest absolute Gasteiger partial charge is 0.176 e. The predicted molar refractivity (Wildman–Crippen MR) is 94.6 cm³/mol. The normalized spacial score (nSPS) is 10.7. The molecule has 0 fully saturated rings. The highest BCUT2D eigenvalue weighted by Crippen LogP contribution is 2.20. The highest BCUT2D eigenvalue weighted by atomic mass is 15.4. The molecule has 5 heteroatoms. The number of benzene rings is 2. The summed E-state index contributed by atoms with van der Waals surface area (Å²) < 4.78 is 0. The molecular formula is C19H17N5. The lowest BCUT2D eigenvalue weighted by Crippen LogP contribution is -2.05. The number of nitrogens with one attached hydrogen (secondary N) is 2. The van der Waals surface area contributed by atoms with Crippen molar-refractivity contribution in [2.24, 2.45) is 10.3 Å². The maximum absolute atomic E-state index is 8.06. The molecule has 2 N–H and O–H groups in total. The average molecular weight is 315 g/mol. The third-order valence-corrected chi connectivity index (χ3v) is 3.47. The van der Waals surface area contributed by atoms with Gasteiger partial charge in [0.25, 0.3) is 0 Å². The summed E-state index contributed by atoms with van der Waals surface area (Å²) in [5.41, 5.74) is 6.72. The Bertz CT molecular complexity index is 829. The van der Waals surface area contributed by atoms with Crippen molar-refractivity contribution in [3.05, 3.63) is 90.3 Å². The summed E-state index contributed by atoms with van der Waals surface area (Å²) in [5, 5.41) is 15.8. The largest absolute Gasteiger partial charge is 0.287 e. The van der Waals surface area contributed by atoms with Crippen LogP contribution in [-0.4, -0.2) is 10.8 Å². The van der Waals surface area contributed by atoms with Gasteiger partial charge in [-0.3, -0.25) is 15.8 Å². The fourth-order valence-corrected chi connectivity index (χ4v) is 2.25. The van der Waals surface area contributed by atoms with E-state index in [1.165, 1.54) is 0 Å². The van der Waals surface area contributed by atoms with Crippen molar-refractivity contribution < 1.29 is 0 Å². The van der Waals surface area contributed by atoms with Gasteiger partial charge in [-0.2, -0.15) is 0 Å².